The van der Waals surface area contributed by atoms with Gasteiger partial charge < -0.3 is 29.5 Å². The molecule has 4 aliphatic carbocycles. The van der Waals surface area contributed by atoms with Crippen LogP contribution in [0.5, 0.6) is 0 Å². The zero-order valence-electron chi connectivity index (χ0n) is 27.1. The molecule has 6 unspecified atom stereocenters. The smallest absolute Gasteiger partial charge is 0.310 e. The van der Waals surface area contributed by atoms with Crippen LogP contribution < -0.4 is 0 Å². The van der Waals surface area contributed by atoms with Crippen LogP contribution in [0.2, 0.25) is 0 Å². The highest BCUT2D eigenvalue weighted by Crippen LogP contribution is 2.35. The van der Waals surface area contributed by atoms with Crippen molar-refractivity contribution in [3.05, 3.63) is 0 Å². The van der Waals surface area contributed by atoms with Crippen molar-refractivity contribution in [2.45, 2.75) is 140 Å². The quantitative estimate of drug-likeness (QED) is 0.113. The summed E-state index contributed by atoms with van der Waals surface area (Å²) in [5.74, 6) is -2.84. The topological polar surface area (TPSA) is 170 Å². The SMILES string of the molecule is CC(C)(COC1CCC(OOCC2CCC(O)CC2COO)CC1)COC1CCC(OC(=O)C2CCC(O)CC2C(=O)O)CC1. The van der Waals surface area contributed by atoms with Crippen LogP contribution in [0.25, 0.3) is 0 Å². The standard InChI is InChI=1S/C33H56O12/c1-33(2,19-40-25-6-10-27(11-7-25)44-32(38)29-14-5-24(35)16-30(29)31(36)37)20-41-26-8-12-28(13-9-26)45-43-18-21-3-4-23(34)15-22(21)17-42-39/h21-30,34-35,39H,3-20H2,1-2H3,(H,36,37). The van der Waals surface area contributed by atoms with Crippen LogP contribution in [-0.2, 0) is 38.5 Å². The van der Waals surface area contributed by atoms with Gasteiger partial charge in [0, 0.05) is 5.41 Å². The molecule has 4 aliphatic rings. The molecule has 0 heterocycles. The van der Waals surface area contributed by atoms with E-state index in [1.165, 1.54) is 0 Å². The van der Waals surface area contributed by atoms with E-state index in [2.05, 4.69) is 18.7 Å². The van der Waals surface area contributed by atoms with E-state index in [9.17, 15) is 24.9 Å². The molecule has 0 radical (unpaired) electrons. The van der Waals surface area contributed by atoms with Gasteiger partial charge in [-0.25, -0.2) is 14.7 Å². The van der Waals surface area contributed by atoms with E-state index in [0.29, 0.717) is 51.9 Å². The maximum atomic E-state index is 12.7. The van der Waals surface area contributed by atoms with Crippen LogP contribution in [0.15, 0.2) is 0 Å². The minimum atomic E-state index is -1.05. The lowest BCUT2D eigenvalue weighted by Crippen LogP contribution is -2.40. The Balaban J connectivity index is 1.06. The summed E-state index contributed by atoms with van der Waals surface area (Å²) in [7, 11) is 0. The number of aliphatic hydroxyl groups excluding tert-OH is 2. The molecule has 0 bridgehead atoms. The summed E-state index contributed by atoms with van der Waals surface area (Å²) in [4.78, 5) is 40.0. The predicted molar refractivity (Wildman–Crippen MR) is 161 cm³/mol. The molecular formula is C33H56O12. The molecular weight excluding hydrogens is 588 g/mol. The zero-order chi connectivity index (χ0) is 32.4. The van der Waals surface area contributed by atoms with Gasteiger partial charge in [-0.05, 0) is 102 Å². The Bertz CT molecular complexity index is 898. The number of aliphatic hydroxyl groups is 2. The van der Waals surface area contributed by atoms with Gasteiger partial charge in [-0.2, -0.15) is 0 Å². The van der Waals surface area contributed by atoms with E-state index in [1.54, 1.807) is 0 Å². The normalized spacial score (nSPS) is 36.4. The highest BCUT2D eigenvalue weighted by molar-refractivity contribution is 5.81. The monoisotopic (exact) mass is 644 g/mol. The van der Waals surface area contributed by atoms with E-state index in [4.69, 9.17) is 29.2 Å². The van der Waals surface area contributed by atoms with Crippen LogP contribution in [-0.4, -0.2) is 95.6 Å². The fourth-order valence-electron chi connectivity index (χ4n) is 7.34. The third kappa shape index (κ3) is 11.7. The van der Waals surface area contributed by atoms with Crippen molar-refractivity contribution >= 4 is 11.9 Å². The molecule has 0 spiro atoms. The number of carboxylic acid groups (broad SMARTS) is 1. The molecule has 4 rings (SSSR count). The van der Waals surface area contributed by atoms with Gasteiger partial charge in [0.1, 0.15) is 6.10 Å². The molecule has 12 nitrogen and oxygen atoms in total. The molecule has 12 heteroatoms. The molecule has 4 N–H and O–H groups in total. The van der Waals surface area contributed by atoms with Crippen molar-refractivity contribution in [3.8, 4) is 0 Å². The number of hydrogen-bond donors (Lipinski definition) is 4. The van der Waals surface area contributed by atoms with Gasteiger partial charge >= 0.3 is 11.9 Å². The highest BCUT2D eigenvalue weighted by atomic mass is 17.2. The van der Waals surface area contributed by atoms with Crippen LogP contribution in [0, 0.1) is 29.1 Å². The fourth-order valence-corrected chi connectivity index (χ4v) is 7.34. The van der Waals surface area contributed by atoms with Gasteiger partial charge in [0.2, 0.25) is 0 Å². The number of rotatable bonds is 15. The van der Waals surface area contributed by atoms with Crippen molar-refractivity contribution in [1.82, 2.24) is 0 Å². The van der Waals surface area contributed by atoms with Gasteiger partial charge in [-0.15, -0.1) is 0 Å². The van der Waals surface area contributed by atoms with Crippen LogP contribution >= 0.6 is 0 Å². The number of esters is 1. The second-order valence-corrected chi connectivity index (χ2v) is 14.7. The van der Waals surface area contributed by atoms with Crippen molar-refractivity contribution in [2.75, 3.05) is 26.4 Å². The molecule has 0 aromatic rings. The maximum Gasteiger partial charge on any atom is 0.310 e. The molecule has 4 saturated carbocycles. The molecule has 4 fully saturated rings. The largest absolute Gasteiger partial charge is 0.481 e. The molecule has 0 saturated heterocycles. The molecule has 45 heavy (non-hydrogen) atoms. The summed E-state index contributed by atoms with van der Waals surface area (Å²) in [6, 6.07) is 0. The summed E-state index contributed by atoms with van der Waals surface area (Å²) in [6.07, 6.45) is 8.53. The van der Waals surface area contributed by atoms with E-state index >= 15 is 0 Å². The molecule has 6 atom stereocenters. The first kappa shape index (κ1) is 36.5. The van der Waals surface area contributed by atoms with Crippen LogP contribution in [0.1, 0.15) is 104 Å². The maximum absolute atomic E-state index is 12.7. The van der Waals surface area contributed by atoms with Crippen molar-refractivity contribution in [2.24, 2.45) is 29.1 Å². The zero-order valence-corrected chi connectivity index (χ0v) is 27.1. The Labute approximate surface area is 266 Å². The summed E-state index contributed by atoms with van der Waals surface area (Å²) in [5, 5.41) is 38.0. The fraction of sp³-hybridized carbons (Fsp3) is 0.939. The van der Waals surface area contributed by atoms with Crippen LogP contribution in [0.3, 0.4) is 0 Å². The Morgan fingerprint density at radius 2 is 1.22 bits per heavy atom. The predicted octanol–water partition coefficient (Wildman–Crippen LogP) is 4.29. The third-order valence-corrected chi connectivity index (χ3v) is 10.3. The molecule has 0 aromatic heterocycles. The number of carbonyl (C=O) groups excluding carboxylic acids is 1. The molecule has 0 aromatic carbocycles. The average Bonchev–Trinajstić information content (AvgIpc) is 3.01. The van der Waals surface area contributed by atoms with Crippen LogP contribution in [0.4, 0.5) is 0 Å². The second-order valence-electron chi connectivity index (χ2n) is 14.7. The summed E-state index contributed by atoms with van der Waals surface area (Å²) in [6.45, 7) is 6.07. The first-order chi connectivity index (χ1) is 21.5. The van der Waals surface area contributed by atoms with Gasteiger partial charge in [0.15, 0.2) is 0 Å². The summed E-state index contributed by atoms with van der Waals surface area (Å²) >= 11 is 0. The second kappa shape index (κ2) is 17.7. The number of carboxylic acids is 1. The third-order valence-electron chi connectivity index (χ3n) is 10.3. The number of carbonyl (C=O) groups is 2. The molecule has 260 valence electrons. The molecule has 0 aliphatic heterocycles. The average molecular weight is 645 g/mol. The van der Waals surface area contributed by atoms with Crippen molar-refractivity contribution in [3.63, 3.8) is 0 Å². The van der Waals surface area contributed by atoms with Gasteiger partial charge in [0.05, 0.1) is 68.8 Å². The number of ether oxygens (including phenoxy) is 3. The van der Waals surface area contributed by atoms with E-state index < -0.39 is 29.9 Å². The molecule has 0 amide bonds. The Hall–Kier alpha value is -1.38. The van der Waals surface area contributed by atoms with Crippen molar-refractivity contribution in [1.29, 1.82) is 0 Å². The van der Waals surface area contributed by atoms with E-state index in [1.807, 2.05) is 0 Å². The first-order valence-electron chi connectivity index (χ1n) is 17.1. The Kier molecular flexibility index (Phi) is 14.3. The van der Waals surface area contributed by atoms with Gasteiger partial charge in [0.25, 0.3) is 0 Å². The number of hydrogen-bond acceptors (Lipinski definition) is 11. The Morgan fingerprint density at radius 3 is 1.82 bits per heavy atom. The Morgan fingerprint density at radius 1 is 0.667 bits per heavy atom. The summed E-state index contributed by atoms with van der Waals surface area (Å²) in [5.41, 5.74) is -0.153. The minimum Gasteiger partial charge on any atom is -0.481 e. The lowest BCUT2D eigenvalue weighted by molar-refractivity contribution is -0.341. The van der Waals surface area contributed by atoms with E-state index in [-0.39, 0.29) is 60.8 Å². The highest BCUT2D eigenvalue weighted by Gasteiger charge is 2.41. The van der Waals surface area contributed by atoms with Gasteiger partial charge in [-0.3, -0.25) is 14.8 Å². The van der Waals surface area contributed by atoms with E-state index in [0.717, 1.165) is 51.4 Å². The minimum absolute atomic E-state index is 0.0338. The first-order valence-corrected chi connectivity index (χ1v) is 17.1. The lowest BCUT2D eigenvalue weighted by Gasteiger charge is -2.35. The summed E-state index contributed by atoms with van der Waals surface area (Å²) < 4.78 is 18.3. The lowest BCUT2D eigenvalue weighted by atomic mass is 9.78. The van der Waals surface area contributed by atoms with Crippen molar-refractivity contribution < 1.29 is 59.0 Å². The number of aliphatic carboxylic acids is 1. The van der Waals surface area contributed by atoms with Gasteiger partial charge in [-0.1, -0.05) is 13.8 Å².